The van der Waals surface area contributed by atoms with Gasteiger partial charge in [-0.1, -0.05) is 36.4 Å². The minimum absolute atomic E-state index is 0.0993. The number of carbonyl (C=O) groups is 1. The zero-order valence-corrected chi connectivity index (χ0v) is 14.1. The summed E-state index contributed by atoms with van der Waals surface area (Å²) < 4.78 is 2.79. The topological polar surface area (TPSA) is 95.6 Å². The van der Waals surface area contributed by atoms with Gasteiger partial charge in [-0.2, -0.15) is 5.21 Å². The smallest absolute Gasteiger partial charge is 0.231 e. The van der Waals surface area contributed by atoms with Gasteiger partial charge in [0.15, 0.2) is 0 Å². The Hall–Kier alpha value is -2.87. The van der Waals surface area contributed by atoms with Crippen LogP contribution in [0.4, 0.5) is 5.69 Å². The second kappa shape index (κ2) is 6.94. The summed E-state index contributed by atoms with van der Waals surface area (Å²) in [6.45, 7) is 0.713. The molecule has 8 heteroatoms. The molecule has 1 aliphatic rings. The van der Waals surface area contributed by atoms with Gasteiger partial charge in [0.25, 0.3) is 0 Å². The van der Waals surface area contributed by atoms with E-state index in [-0.39, 0.29) is 11.2 Å². The predicted octanol–water partition coefficient (Wildman–Crippen LogP) is 2.69. The summed E-state index contributed by atoms with van der Waals surface area (Å²) in [5.41, 5.74) is 4.25. The van der Waals surface area contributed by atoms with Crippen LogP contribution in [0, 0.1) is 0 Å². The first kappa shape index (κ1) is 15.6. The predicted molar refractivity (Wildman–Crippen MR) is 96.5 cm³/mol. The van der Waals surface area contributed by atoms with Crippen molar-refractivity contribution in [2.75, 3.05) is 5.32 Å². The maximum absolute atomic E-state index is 11.3. The van der Waals surface area contributed by atoms with Crippen LogP contribution in [0.1, 0.15) is 22.8 Å². The molecule has 1 aliphatic heterocycles. The van der Waals surface area contributed by atoms with E-state index in [1.54, 1.807) is 0 Å². The molecule has 126 valence electrons. The number of benzene rings is 2. The van der Waals surface area contributed by atoms with Crippen molar-refractivity contribution in [3.8, 4) is 11.4 Å². The van der Waals surface area contributed by atoms with Gasteiger partial charge in [0, 0.05) is 24.2 Å². The Balaban J connectivity index is 1.40. The van der Waals surface area contributed by atoms with Gasteiger partial charge in [0.2, 0.25) is 11.7 Å². The third-order valence-corrected chi connectivity index (χ3v) is 5.07. The van der Waals surface area contributed by atoms with E-state index in [2.05, 4.69) is 54.9 Å². The Morgan fingerprint density at radius 3 is 2.80 bits per heavy atom. The lowest BCUT2D eigenvalue weighted by molar-refractivity contribution is -0.118. The summed E-state index contributed by atoms with van der Waals surface area (Å²) in [6, 6.07) is 16.3. The Labute approximate surface area is 148 Å². The lowest BCUT2D eigenvalue weighted by Crippen LogP contribution is -2.05. The molecule has 0 spiro atoms. The van der Waals surface area contributed by atoms with Crippen LogP contribution in [0.15, 0.2) is 48.5 Å². The number of hydrogen-bond donors (Lipinski definition) is 3. The minimum atomic E-state index is 0.0993. The molecule has 7 nitrogen and oxygen atoms in total. The monoisotopic (exact) mass is 352 g/mol. The van der Waals surface area contributed by atoms with Crippen LogP contribution in [-0.4, -0.2) is 26.5 Å². The number of H-pyrrole nitrogens is 1. The maximum Gasteiger partial charge on any atom is 0.231 e. The molecule has 3 N–H and O–H groups in total. The van der Waals surface area contributed by atoms with E-state index in [1.807, 2.05) is 24.3 Å². The van der Waals surface area contributed by atoms with E-state index in [9.17, 15) is 4.79 Å². The van der Waals surface area contributed by atoms with Gasteiger partial charge >= 0.3 is 0 Å². The zero-order valence-electron chi connectivity index (χ0n) is 13.3. The molecule has 0 bridgehead atoms. The van der Waals surface area contributed by atoms with Crippen LogP contribution in [-0.2, 0) is 11.3 Å². The molecular weight excluding hydrogens is 336 g/mol. The number of nitrogens with zero attached hydrogens (tertiary/aromatic N) is 3. The zero-order chi connectivity index (χ0) is 17.1. The highest BCUT2D eigenvalue weighted by Crippen LogP contribution is 2.34. The second-order valence-corrected chi connectivity index (χ2v) is 6.76. The third-order valence-electron chi connectivity index (χ3n) is 4.00. The van der Waals surface area contributed by atoms with Crippen LogP contribution < -0.4 is 10.0 Å². The van der Waals surface area contributed by atoms with Gasteiger partial charge < -0.3 is 5.32 Å². The van der Waals surface area contributed by atoms with Gasteiger partial charge in [-0.15, -0.1) is 10.2 Å². The fourth-order valence-electron chi connectivity index (χ4n) is 2.68. The average molecular weight is 352 g/mol. The molecule has 0 saturated carbocycles. The second-order valence-electron chi connectivity index (χ2n) is 5.75. The van der Waals surface area contributed by atoms with E-state index < -0.39 is 0 Å². The van der Waals surface area contributed by atoms with E-state index in [0.29, 0.717) is 18.8 Å². The molecule has 2 heterocycles. The third kappa shape index (κ3) is 3.63. The normalized spacial score (nSPS) is 16.6. The molecule has 0 radical (unpaired) electrons. The molecule has 25 heavy (non-hydrogen) atoms. The SMILES string of the molecule is O=C1CC(c2ccc(CNc3cccc(-c4nn[nH]n4)c3)cc2)SN1. The lowest BCUT2D eigenvalue weighted by atomic mass is 10.1. The molecule has 1 saturated heterocycles. The van der Waals surface area contributed by atoms with Crippen LogP contribution >= 0.6 is 11.9 Å². The maximum atomic E-state index is 11.3. The molecule has 1 unspecified atom stereocenters. The first-order valence-electron chi connectivity index (χ1n) is 7.89. The molecule has 4 rings (SSSR count). The summed E-state index contributed by atoms with van der Waals surface area (Å²) in [6.07, 6.45) is 0.547. The summed E-state index contributed by atoms with van der Waals surface area (Å²) in [7, 11) is 0. The molecule has 1 fully saturated rings. The van der Waals surface area contributed by atoms with Crippen molar-refractivity contribution in [3.63, 3.8) is 0 Å². The fourth-order valence-corrected chi connectivity index (χ4v) is 3.57. The number of anilines is 1. The molecule has 1 aromatic heterocycles. The van der Waals surface area contributed by atoms with Crippen LogP contribution in [0.2, 0.25) is 0 Å². The van der Waals surface area contributed by atoms with E-state index in [0.717, 1.165) is 11.3 Å². The Morgan fingerprint density at radius 2 is 2.08 bits per heavy atom. The Kier molecular flexibility index (Phi) is 4.34. The van der Waals surface area contributed by atoms with Crippen molar-refractivity contribution in [1.82, 2.24) is 25.3 Å². The van der Waals surface area contributed by atoms with Crippen LogP contribution in [0.5, 0.6) is 0 Å². The first-order valence-corrected chi connectivity index (χ1v) is 8.77. The van der Waals surface area contributed by atoms with E-state index in [4.69, 9.17) is 0 Å². The highest BCUT2D eigenvalue weighted by Gasteiger charge is 2.23. The molecule has 3 aromatic rings. The summed E-state index contributed by atoms with van der Waals surface area (Å²) in [5, 5.41) is 17.6. The summed E-state index contributed by atoms with van der Waals surface area (Å²) in [4.78, 5) is 11.3. The Bertz CT molecular complexity index is 865. The number of aromatic amines is 1. The molecule has 2 aromatic carbocycles. The van der Waals surface area contributed by atoms with Gasteiger partial charge in [-0.05, 0) is 40.4 Å². The molecular formula is C17H16N6OS. The quantitative estimate of drug-likeness (QED) is 0.611. The average Bonchev–Trinajstić information content (AvgIpc) is 3.33. The highest BCUT2D eigenvalue weighted by molar-refractivity contribution is 7.98. The van der Waals surface area contributed by atoms with Gasteiger partial charge in [0.1, 0.15) is 0 Å². The van der Waals surface area contributed by atoms with Crippen molar-refractivity contribution in [1.29, 1.82) is 0 Å². The van der Waals surface area contributed by atoms with Gasteiger partial charge in [-0.3, -0.25) is 9.52 Å². The molecule has 1 amide bonds. The number of tetrazole rings is 1. The van der Waals surface area contributed by atoms with Crippen molar-refractivity contribution < 1.29 is 4.79 Å². The minimum Gasteiger partial charge on any atom is -0.381 e. The van der Waals surface area contributed by atoms with Crippen molar-refractivity contribution in [2.24, 2.45) is 0 Å². The molecule has 0 aliphatic carbocycles. The largest absolute Gasteiger partial charge is 0.381 e. The van der Waals surface area contributed by atoms with Crippen molar-refractivity contribution in [3.05, 3.63) is 59.7 Å². The van der Waals surface area contributed by atoms with Crippen molar-refractivity contribution in [2.45, 2.75) is 18.2 Å². The first-order chi connectivity index (χ1) is 12.3. The molecule has 1 atom stereocenters. The Morgan fingerprint density at radius 1 is 1.20 bits per heavy atom. The number of aromatic nitrogens is 4. The van der Waals surface area contributed by atoms with Crippen LogP contribution in [0.25, 0.3) is 11.4 Å². The summed E-state index contributed by atoms with van der Waals surface area (Å²) >= 11 is 1.49. The number of amides is 1. The lowest BCUT2D eigenvalue weighted by Gasteiger charge is -2.10. The summed E-state index contributed by atoms with van der Waals surface area (Å²) in [5.74, 6) is 0.674. The van der Waals surface area contributed by atoms with Crippen LogP contribution in [0.3, 0.4) is 0 Å². The number of hydrogen-bond acceptors (Lipinski definition) is 6. The van der Waals surface area contributed by atoms with Gasteiger partial charge in [0.05, 0.1) is 5.25 Å². The van der Waals surface area contributed by atoms with E-state index in [1.165, 1.54) is 23.1 Å². The number of nitrogens with one attached hydrogen (secondary N) is 3. The highest BCUT2D eigenvalue weighted by atomic mass is 32.2. The number of carbonyl (C=O) groups excluding carboxylic acids is 1. The van der Waals surface area contributed by atoms with Gasteiger partial charge in [-0.25, -0.2) is 0 Å². The van der Waals surface area contributed by atoms with Crippen molar-refractivity contribution >= 4 is 23.5 Å². The fraction of sp³-hybridized carbons (Fsp3) is 0.176. The van der Waals surface area contributed by atoms with E-state index >= 15 is 0 Å². The standard InChI is InChI=1S/C17H16N6OS/c24-16-9-15(25-21-16)12-6-4-11(5-7-12)10-18-14-3-1-2-13(8-14)17-19-22-23-20-17/h1-8,15,18H,9-10H2,(H,21,24)(H,19,20,22,23). The number of rotatable bonds is 5.